The fourth-order valence-electron chi connectivity index (χ4n) is 6.62. The number of phenols is 3. The monoisotopic (exact) mass is 790 g/mol. The van der Waals surface area contributed by atoms with Gasteiger partial charge in [-0.2, -0.15) is 0 Å². The summed E-state index contributed by atoms with van der Waals surface area (Å²) in [6.07, 6.45) is 0.248. The van der Waals surface area contributed by atoms with E-state index >= 15 is 0 Å². The predicted octanol–water partition coefficient (Wildman–Crippen LogP) is 2.90. The average molecular weight is 791 g/mol. The molecule has 3 aromatic carbocycles. The first-order chi connectivity index (χ1) is 26.1. The van der Waals surface area contributed by atoms with E-state index in [1.165, 1.54) is 28.0 Å². The average Bonchev–Trinajstić information content (AvgIpc) is 3.54. The fraction of sp³-hybridized carbons (Fsp3) is 0.303. The maximum atomic E-state index is 14.7. The van der Waals surface area contributed by atoms with E-state index in [-0.39, 0.29) is 56.7 Å². The number of urea groups is 3. The summed E-state index contributed by atoms with van der Waals surface area (Å²) >= 11 is 6.18. The molecule has 2 fully saturated rings. The zero-order chi connectivity index (χ0) is 39.9. The number of benzene rings is 3. The summed E-state index contributed by atoms with van der Waals surface area (Å²) in [6, 6.07) is 1.35. The molecular weight excluding hydrogens is 760 g/mol. The topological polar surface area (TPSA) is 242 Å². The first-order valence-electron chi connectivity index (χ1n) is 16.6. The second-order valence-corrected chi connectivity index (χ2v) is 13.2. The van der Waals surface area contributed by atoms with Crippen molar-refractivity contribution in [2.45, 2.75) is 37.3 Å². The van der Waals surface area contributed by atoms with Gasteiger partial charge in [0.15, 0.2) is 28.9 Å². The van der Waals surface area contributed by atoms with Crippen LogP contribution in [0, 0.1) is 17.5 Å². The summed E-state index contributed by atoms with van der Waals surface area (Å²) in [5.41, 5.74) is -1.56. The van der Waals surface area contributed by atoms with E-state index in [1.54, 1.807) is 0 Å². The number of fused-ring (bicyclic) bond motifs is 1. The molecule has 1 unspecified atom stereocenters. The number of hydrogen-bond donors (Lipinski definition) is 8. The Morgan fingerprint density at radius 1 is 0.945 bits per heavy atom. The zero-order valence-electron chi connectivity index (χ0n) is 28.3. The molecule has 0 saturated carbocycles. The smallest absolute Gasteiger partial charge is 0.534 e. The minimum absolute atomic E-state index is 0.0494. The predicted molar refractivity (Wildman–Crippen MR) is 184 cm³/mol. The number of imide groups is 1. The Morgan fingerprint density at radius 2 is 1.65 bits per heavy atom. The Morgan fingerprint density at radius 3 is 2.35 bits per heavy atom. The molecule has 0 aromatic heterocycles. The number of rotatable bonds is 7. The summed E-state index contributed by atoms with van der Waals surface area (Å²) in [7, 11) is -1.95. The number of nitrogens with one attached hydrogen (secondary N) is 3. The van der Waals surface area contributed by atoms with Gasteiger partial charge in [0.2, 0.25) is 5.91 Å². The molecule has 0 bridgehead atoms. The second kappa shape index (κ2) is 15.3. The lowest BCUT2D eigenvalue weighted by atomic mass is 9.72. The maximum absolute atomic E-state index is 14.7. The van der Waals surface area contributed by atoms with Crippen molar-refractivity contribution >= 4 is 54.4 Å². The Kier molecular flexibility index (Phi) is 10.8. The van der Waals surface area contributed by atoms with E-state index in [0.717, 1.165) is 17.0 Å². The molecule has 6 rings (SSSR count). The van der Waals surface area contributed by atoms with Crippen molar-refractivity contribution in [3.63, 3.8) is 0 Å². The number of carboxylic acids is 1. The number of aromatic hydroxyl groups is 3. The number of phenolic OH excluding ortho intramolecular Hbond substituents is 3. The van der Waals surface area contributed by atoms with Gasteiger partial charge in [0.25, 0.3) is 0 Å². The van der Waals surface area contributed by atoms with Crippen molar-refractivity contribution in [3.05, 3.63) is 75.6 Å². The number of carbonyl (C=O) groups is 5. The standard InChI is InChI=1S/C33H31BClF3N6O11/c35-23-16(13-18(37)26(46)27(23)47)25(29(48)40-21-12-14-4-5-17(36)22(30(49)50)28(14)55-34(21)54)41-32(52)44-11-10-43(33(44)53)15-6-8-42(9-7-15)31(51)39-19-2-1-3-20(45)24(19)38/h1-5,13,15,21,25,45-47,54H,6-12H2,(H,39,51)(H,40,48)(H,41,52)(H,49,50)/t21-,25?/m0/s1. The van der Waals surface area contributed by atoms with E-state index < -0.39 is 112 Å². The van der Waals surface area contributed by atoms with Gasteiger partial charge < -0.3 is 55.9 Å². The molecule has 0 aliphatic carbocycles. The third-order valence-electron chi connectivity index (χ3n) is 9.49. The van der Waals surface area contributed by atoms with E-state index in [2.05, 4.69) is 16.0 Å². The molecule has 0 spiro atoms. The number of anilines is 1. The van der Waals surface area contributed by atoms with E-state index in [4.69, 9.17) is 16.3 Å². The summed E-state index contributed by atoms with van der Waals surface area (Å²) < 4.78 is 48.3. The van der Waals surface area contributed by atoms with Gasteiger partial charge in [-0.05, 0) is 49.1 Å². The number of hydrogen-bond acceptors (Lipinski definition) is 10. The summed E-state index contributed by atoms with van der Waals surface area (Å²) in [5.74, 6) is -11.3. The number of piperidine rings is 1. The number of amides is 7. The molecule has 8 N–H and O–H groups in total. The molecule has 3 aromatic rings. The summed E-state index contributed by atoms with van der Waals surface area (Å²) in [6.45, 7) is 0.177. The molecule has 2 atom stereocenters. The number of halogens is 4. The molecule has 290 valence electrons. The van der Waals surface area contributed by atoms with Crippen molar-refractivity contribution in [1.82, 2.24) is 25.3 Å². The number of nitrogens with zero attached hydrogens (tertiary/aromatic N) is 3. The van der Waals surface area contributed by atoms with E-state index in [0.29, 0.717) is 6.07 Å². The van der Waals surface area contributed by atoms with Crippen LogP contribution >= 0.6 is 11.6 Å². The third-order valence-corrected chi connectivity index (χ3v) is 9.88. The Bertz CT molecular complexity index is 2090. The highest BCUT2D eigenvalue weighted by Crippen LogP contribution is 2.41. The van der Waals surface area contributed by atoms with Gasteiger partial charge in [-0.3, -0.25) is 4.79 Å². The second-order valence-electron chi connectivity index (χ2n) is 12.8. The SMILES string of the molecule is O=C(O)c1c(F)ccc2c1OB(O)[C@@H](NC(=O)C(NC(=O)N1CCN(C3CCN(C(=O)Nc4cccc(O)c4F)CC3)C1=O)c1cc(F)c(O)c(O)c1Cl)C2. The summed E-state index contributed by atoms with van der Waals surface area (Å²) in [4.78, 5) is 68.8. The number of carboxylic acid groups (broad SMARTS) is 1. The highest BCUT2D eigenvalue weighted by molar-refractivity contribution is 6.47. The molecule has 22 heteroatoms. The van der Waals surface area contributed by atoms with Crippen molar-refractivity contribution in [2.24, 2.45) is 0 Å². The van der Waals surface area contributed by atoms with Gasteiger partial charge in [-0.25, -0.2) is 37.2 Å². The first-order valence-corrected chi connectivity index (χ1v) is 17.0. The van der Waals surface area contributed by atoms with Gasteiger partial charge in [0, 0.05) is 37.8 Å². The van der Waals surface area contributed by atoms with Crippen molar-refractivity contribution in [2.75, 3.05) is 31.5 Å². The van der Waals surface area contributed by atoms with Crippen LogP contribution in [0.3, 0.4) is 0 Å². The molecule has 55 heavy (non-hydrogen) atoms. The van der Waals surface area contributed by atoms with E-state index in [1.807, 2.05) is 0 Å². The van der Waals surface area contributed by atoms with Crippen LogP contribution in [0.5, 0.6) is 23.0 Å². The molecule has 3 aliphatic rings. The Hall–Kier alpha value is -6.09. The highest BCUT2D eigenvalue weighted by Gasteiger charge is 2.43. The van der Waals surface area contributed by atoms with Gasteiger partial charge in [0.05, 0.1) is 16.7 Å². The lowest BCUT2D eigenvalue weighted by Crippen LogP contribution is -2.56. The molecular formula is C33H31BClF3N6O11. The zero-order valence-corrected chi connectivity index (χ0v) is 29.0. The number of carbonyl (C=O) groups excluding carboxylic acids is 4. The molecule has 0 radical (unpaired) electrons. The normalized spacial score (nSPS) is 17.7. The van der Waals surface area contributed by atoms with Gasteiger partial charge in [-0.1, -0.05) is 23.7 Å². The van der Waals surface area contributed by atoms with Crippen LogP contribution in [0.15, 0.2) is 36.4 Å². The third kappa shape index (κ3) is 7.52. The van der Waals surface area contributed by atoms with Crippen molar-refractivity contribution in [3.8, 4) is 23.0 Å². The van der Waals surface area contributed by atoms with Gasteiger partial charge in [0.1, 0.15) is 23.2 Å². The van der Waals surface area contributed by atoms with Crippen LogP contribution < -0.4 is 20.6 Å². The van der Waals surface area contributed by atoms with E-state index in [9.17, 15) is 62.6 Å². The van der Waals surface area contributed by atoms with Gasteiger partial charge in [-0.15, -0.1) is 0 Å². The fourth-order valence-corrected chi connectivity index (χ4v) is 6.87. The van der Waals surface area contributed by atoms with Crippen LogP contribution in [-0.4, -0.2) is 115 Å². The molecule has 3 aliphatic heterocycles. The quantitative estimate of drug-likeness (QED) is 0.128. The van der Waals surface area contributed by atoms with Crippen LogP contribution in [-0.2, 0) is 11.2 Å². The van der Waals surface area contributed by atoms with Crippen LogP contribution in [0.2, 0.25) is 5.02 Å². The first kappa shape index (κ1) is 38.6. The lowest BCUT2D eigenvalue weighted by Gasteiger charge is -2.36. The Balaban J connectivity index is 1.15. The van der Waals surface area contributed by atoms with Crippen molar-refractivity contribution in [1.29, 1.82) is 0 Å². The molecule has 17 nitrogen and oxygen atoms in total. The summed E-state index contributed by atoms with van der Waals surface area (Å²) in [5, 5.41) is 56.1. The molecule has 2 saturated heterocycles. The largest absolute Gasteiger partial charge is 0.547 e. The Labute approximate surface area is 314 Å². The highest BCUT2D eigenvalue weighted by atomic mass is 35.5. The van der Waals surface area contributed by atoms with Crippen LogP contribution in [0.1, 0.15) is 40.4 Å². The minimum atomic E-state index is -1.99. The maximum Gasteiger partial charge on any atom is 0.547 e. The van der Waals surface area contributed by atoms with Gasteiger partial charge >= 0.3 is 31.2 Å². The van der Waals surface area contributed by atoms with Crippen LogP contribution in [0.4, 0.5) is 33.2 Å². The van der Waals surface area contributed by atoms with Crippen LogP contribution in [0.25, 0.3) is 0 Å². The molecule has 3 heterocycles. The minimum Gasteiger partial charge on any atom is -0.534 e. The lowest BCUT2D eigenvalue weighted by molar-refractivity contribution is -0.123. The van der Waals surface area contributed by atoms with Crippen molar-refractivity contribution < 1.29 is 67.2 Å². The molecule has 7 amide bonds. The number of aromatic carboxylic acids is 1. The number of likely N-dealkylation sites (tertiary alicyclic amines) is 1.